The molecule has 0 aromatic heterocycles. The maximum atomic E-state index is 12.5. The molecule has 5 heteroatoms. The number of carbonyl (C=O) groups excluding carboxylic acids is 1. The fourth-order valence-electron chi connectivity index (χ4n) is 8.95. The molecule has 1 amide bonds. The number of aliphatic hydroxyl groups is 3. The van der Waals surface area contributed by atoms with Crippen LogP contribution in [0.5, 0.6) is 0 Å². The monoisotopic (exact) mass is 874 g/mol. The van der Waals surface area contributed by atoms with Crippen molar-refractivity contribution in [1.82, 2.24) is 5.32 Å². The van der Waals surface area contributed by atoms with Gasteiger partial charge in [0.2, 0.25) is 5.91 Å². The molecular formula is C57H111NO4. The Morgan fingerprint density at radius 1 is 0.403 bits per heavy atom. The van der Waals surface area contributed by atoms with Crippen LogP contribution in [0.1, 0.15) is 309 Å². The van der Waals surface area contributed by atoms with Crippen LogP contribution in [0, 0.1) is 0 Å². The summed E-state index contributed by atoms with van der Waals surface area (Å²) >= 11 is 0. The number of hydrogen-bond acceptors (Lipinski definition) is 4. The van der Waals surface area contributed by atoms with Crippen molar-refractivity contribution in [3.05, 3.63) is 24.3 Å². The summed E-state index contributed by atoms with van der Waals surface area (Å²) in [7, 11) is 0. The molecule has 0 aromatic rings. The van der Waals surface area contributed by atoms with E-state index in [-0.39, 0.29) is 18.9 Å². The average molecular weight is 875 g/mol. The fraction of sp³-hybridized carbons (Fsp3) is 0.912. The van der Waals surface area contributed by atoms with Gasteiger partial charge in [0.15, 0.2) is 0 Å². The summed E-state index contributed by atoms with van der Waals surface area (Å²) in [5.74, 6) is -0.321. The summed E-state index contributed by atoms with van der Waals surface area (Å²) in [6.07, 6.45) is 66.8. The molecule has 0 rings (SSSR count). The second kappa shape index (κ2) is 52.5. The molecule has 0 bridgehead atoms. The summed E-state index contributed by atoms with van der Waals surface area (Å²) in [5.41, 5.74) is 0. The molecular weight excluding hydrogens is 763 g/mol. The number of unbranched alkanes of at least 4 members (excludes halogenated alkanes) is 41. The quantitative estimate of drug-likeness (QED) is 0.0362. The zero-order valence-corrected chi connectivity index (χ0v) is 42.0. The Labute approximate surface area is 388 Å². The lowest BCUT2D eigenvalue weighted by molar-refractivity contribution is -0.124. The number of hydrogen-bond donors (Lipinski definition) is 4. The summed E-state index contributed by atoms with van der Waals surface area (Å²) in [4.78, 5) is 12.5. The fourth-order valence-corrected chi connectivity index (χ4v) is 8.95. The normalized spacial score (nSPS) is 13.4. The topological polar surface area (TPSA) is 89.8 Å². The molecule has 62 heavy (non-hydrogen) atoms. The first-order valence-electron chi connectivity index (χ1n) is 28.1. The Balaban J connectivity index is 3.43. The minimum atomic E-state index is -0.948. The van der Waals surface area contributed by atoms with Crippen LogP contribution in [-0.2, 0) is 4.79 Å². The van der Waals surface area contributed by atoms with Crippen LogP contribution >= 0.6 is 0 Å². The smallest absolute Gasteiger partial charge is 0.222 e. The number of aliphatic hydroxyl groups excluding tert-OH is 3. The summed E-state index contributed by atoms with van der Waals surface area (Å²) < 4.78 is 0. The van der Waals surface area contributed by atoms with E-state index in [0.717, 1.165) is 32.1 Å². The molecule has 4 N–H and O–H groups in total. The first-order valence-corrected chi connectivity index (χ1v) is 28.1. The molecule has 0 saturated carbocycles. The molecule has 0 aromatic carbocycles. The number of allylic oxidation sites excluding steroid dienone is 3. The van der Waals surface area contributed by atoms with E-state index in [1.165, 1.54) is 250 Å². The number of amides is 1. The first kappa shape index (κ1) is 60.8. The molecule has 3 unspecified atom stereocenters. The van der Waals surface area contributed by atoms with E-state index in [2.05, 4.69) is 31.3 Å². The van der Waals surface area contributed by atoms with Crippen LogP contribution in [0.4, 0.5) is 0 Å². The van der Waals surface area contributed by atoms with Crippen LogP contribution in [0.15, 0.2) is 24.3 Å². The maximum absolute atomic E-state index is 12.5. The van der Waals surface area contributed by atoms with Gasteiger partial charge in [0, 0.05) is 0 Å². The van der Waals surface area contributed by atoms with E-state index in [9.17, 15) is 20.1 Å². The Hall–Kier alpha value is -1.17. The lowest BCUT2D eigenvalue weighted by Crippen LogP contribution is -2.45. The molecule has 0 heterocycles. The Morgan fingerprint density at radius 3 is 1.03 bits per heavy atom. The highest BCUT2D eigenvalue weighted by atomic mass is 16.3. The lowest BCUT2D eigenvalue weighted by Gasteiger charge is -2.21. The standard InChI is InChI=1S/C57H111NO4/c1-3-5-7-9-11-13-15-17-18-19-20-21-22-23-24-25-26-27-28-29-30-31-32-33-34-35-36-37-38-39-40-42-44-46-48-50-54(60)52-57(62)58-55(53-59)56(61)51-49-47-45-43-41-16-14-12-10-8-6-4-2/h41,43,49,51,54-56,59-61H,3-40,42,44-48,50,52-53H2,1-2H3,(H,58,62)/b43-41+,51-49+. The van der Waals surface area contributed by atoms with Crippen molar-refractivity contribution in [3.63, 3.8) is 0 Å². The van der Waals surface area contributed by atoms with Gasteiger partial charge in [-0.3, -0.25) is 4.79 Å². The van der Waals surface area contributed by atoms with E-state index in [0.29, 0.717) is 6.42 Å². The molecule has 0 aliphatic carbocycles. The van der Waals surface area contributed by atoms with Gasteiger partial charge in [0.05, 0.1) is 31.3 Å². The van der Waals surface area contributed by atoms with E-state index in [4.69, 9.17) is 0 Å². The number of nitrogens with one attached hydrogen (secondary N) is 1. The van der Waals surface area contributed by atoms with Crippen molar-refractivity contribution >= 4 is 5.91 Å². The molecule has 0 saturated heterocycles. The summed E-state index contributed by atoms with van der Waals surface area (Å²) in [6.45, 7) is 4.21. The Morgan fingerprint density at radius 2 is 0.694 bits per heavy atom. The van der Waals surface area contributed by atoms with E-state index < -0.39 is 18.2 Å². The van der Waals surface area contributed by atoms with Gasteiger partial charge in [-0.1, -0.05) is 295 Å². The molecule has 0 aliphatic rings. The minimum absolute atomic E-state index is 0.00992. The second-order valence-electron chi connectivity index (χ2n) is 19.5. The van der Waals surface area contributed by atoms with Crippen molar-refractivity contribution in [3.8, 4) is 0 Å². The van der Waals surface area contributed by atoms with Crippen molar-refractivity contribution < 1.29 is 20.1 Å². The van der Waals surface area contributed by atoms with Gasteiger partial charge in [-0.2, -0.15) is 0 Å². The van der Waals surface area contributed by atoms with Gasteiger partial charge < -0.3 is 20.6 Å². The molecule has 0 aliphatic heterocycles. The predicted molar refractivity (Wildman–Crippen MR) is 273 cm³/mol. The average Bonchev–Trinajstić information content (AvgIpc) is 3.27. The van der Waals surface area contributed by atoms with Gasteiger partial charge in [0.1, 0.15) is 0 Å². The highest BCUT2D eigenvalue weighted by Gasteiger charge is 2.20. The minimum Gasteiger partial charge on any atom is -0.394 e. The van der Waals surface area contributed by atoms with Crippen LogP contribution in [0.2, 0.25) is 0 Å². The molecule has 368 valence electrons. The SMILES string of the molecule is CCCCCCCC/C=C/CC/C=C/C(O)C(CO)NC(=O)CC(O)CCCCCCCCCCCCCCCCCCCCCCCCCCCCCCCCCCCCC. The maximum Gasteiger partial charge on any atom is 0.222 e. The molecule has 0 radical (unpaired) electrons. The van der Waals surface area contributed by atoms with Crippen LogP contribution < -0.4 is 5.32 Å². The van der Waals surface area contributed by atoms with Crippen LogP contribution in [-0.4, -0.2) is 46.1 Å². The van der Waals surface area contributed by atoms with Gasteiger partial charge >= 0.3 is 0 Å². The van der Waals surface area contributed by atoms with Gasteiger partial charge in [0.25, 0.3) is 0 Å². The third-order valence-corrected chi connectivity index (χ3v) is 13.2. The van der Waals surface area contributed by atoms with Crippen LogP contribution in [0.3, 0.4) is 0 Å². The highest BCUT2D eigenvalue weighted by molar-refractivity contribution is 5.76. The lowest BCUT2D eigenvalue weighted by atomic mass is 10.0. The first-order chi connectivity index (χ1) is 30.5. The zero-order chi connectivity index (χ0) is 45.1. The summed E-state index contributed by atoms with van der Waals surface area (Å²) in [6, 6.07) is -0.757. The second-order valence-corrected chi connectivity index (χ2v) is 19.5. The molecule has 0 spiro atoms. The Kier molecular flexibility index (Phi) is 51.5. The van der Waals surface area contributed by atoms with Crippen molar-refractivity contribution in [2.45, 2.75) is 327 Å². The van der Waals surface area contributed by atoms with Gasteiger partial charge in [-0.25, -0.2) is 0 Å². The molecule has 5 nitrogen and oxygen atoms in total. The third-order valence-electron chi connectivity index (χ3n) is 13.2. The van der Waals surface area contributed by atoms with Crippen molar-refractivity contribution in [1.29, 1.82) is 0 Å². The van der Waals surface area contributed by atoms with Gasteiger partial charge in [-0.15, -0.1) is 0 Å². The van der Waals surface area contributed by atoms with E-state index >= 15 is 0 Å². The Bertz CT molecular complexity index is 920. The third kappa shape index (κ3) is 48.3. The van der Waals surface area contributed by atoms with Crippen LogP contribution in [0.25, 0.3) is 0 Å². The highest BCUT2D eigenvalue weighted by Crippen LogP contribution is 2.18. The van der Waals surface area contributed by atoms with Crippen molar-refractivity contribution in [2.24, 2.45) is 0 Å². The number of rotatable bonds is 52. The number of carbonyl (C=O) groups is 1. The largest absolute Gasteiger partial charge is 0.394 e. The molecule has 0 fully saturated rings. The summed E-state index contributed by atoms with van der Waals surface area (Å²) in [5, 5.41) is 33.3. The predicted octanol–water partition coefficient (Wildman–Crippen LogP) is 17.3. The zero-order valence-electron chi connectivity index (χ0n) is 42.0. The molecule has 3 atom stereocenters. The van der Waals surface area contributed by atoms with E-state index in [1.54, 1.807) is 6.08 Å². The van der Waals surface area contributed by atoms with E-state index in [1.807, 2.05) is 6.08 Å². The van der Waals surface area contributed by atoms with Crippen molar-refractivity contribution in [2.75, 3.05) is 6.61 Å². The van der Waals surface area contributed by atoms with Gasteiger partial charge in [-0.05, 0) is 32.1 Å².